The number of aromatic nitrogens is 2. The molecule has 0 spiro atoms. The number of pyridine rings is 1. The van der Waals surface area contributed by atoms with Gasteiger partial charge in [-0.15, -0.1) is 0 Å². The molecule has 2 aromatic carbocycles. The molecule has 2 amide bonds. The van der Waals surface area contributed by atoms with E-state index < -0.39 is 17.8 Å². The topological polar surface area (TPSA) is 73.1 Å². The molecule has 1 aliphatic heterocycles. The van der Waals surface area contributed by atoms with E-state index in [2.05, 4.69) is 25.5 Å². The monoisotopic (exact) mass is 451 g/mol. The minimum Gasteiger partial charge on any atom is -0.367 e. The first-order chi connectivity index (χ1) is 15.9. The lowest BCUT2D eigenvalue weighted by Gasteiger charge is -2.20. The minimum absolute atomic E-state index is 0.287. The van der Waals surface area contributed by atoms with E-state index >= 15 is 0 Å². The Morgan fingerprint density at radius 3 is 2.67 bits per heavy atom. The van der Waals surface area contributed by atoms with Crippen molar-refractivity contribution in [1.29, 1.82) is 0 Å². The standard InChI is InChI=1S/C24H20F3N5O/c25-24(26,27)18-6-1-2-7-20(18)31-23(33)30-19-8-3-9-21-17(19)10-12-32(21)14-15-13-29-22-16(15)5-4-11-28-22/h1-9,11,13H,10,12,14H2,(H,28,29)(H2,30,31,33). The van der Waals surface area contributed by atoms with Gasteiger partial charge in [0.2, 0.25) is 0 Å². The van der Waals surface area contributed by atoms with Crippen LogP contribution in [0.15, 0.2) is 67.0 Å². The predicted molar refractivity (Wildman–Crippen MR) is 121 cm³/mol. The highest BCUT2D eigenvalue weighted by atomic mass is 19.4. The van der Waals surface area contributed by atoms with Gasteiger partial charge >= 0.3 is 12.2 Å². The van der Waals surface area contributed by atoms with Gasteiger partial charge in [0, 0.05) is 47.8 Å². The van der Waals surface area contributed by atoms with Crippen LogP contribution < -0.4 is 15.5 Å². The number of H-pyrrole nitrogens is 1. The Morgan fingerprint density at radius 2 is 1.82 bits per heavy atom. The summed E-state index contributed by atoms with van der Waals surface area (Å²) in [5.74, 6) is 0. The van der Waals surface area contributed by atoms with Crippen LogP contribution in [0.4, 0.5) is 35.0 Å². The van der Waals surface area contributed by atoms with Crippen molar-refractivity contribution in [1.82, 2.24) is 9.97 Å². The lowest BCUT2D eigenvalue weighted by molar-refractivity contribution is -0.136. The number of nitrogens with one attached hydrogen (secondary N) is 3. The smallest absolute Gasteiger partial charge is 0.367 e. The van der Waals surface area contributed by atoms with Crippen molar-refractivity contribution in [2.24, 2.45) is 0 Å². The highest BCUT2D eigenvalue weighted by molar-refractivity contribution is 6.01. The predicted octanol–water partition coefficient (Wildman–Crippen LogP) is 5.79. The molecule has 9 heteroatoms. The van der Waals surface area contributed by atoms with Crippen LogP contribution in [0.25, 0.3) is 11.0 Å². The number of hydrogen-bond acceptors (Lipinski definition) is 3. The molecular formula is C24H20F3N5O. The quantitative estimate of drug-likeness (QED) is 0.368. The molecule has 0 saturated carbocycles. The molecular weight excluding hydrogens is 431 g/mol. The molecule has 1 aliphatic rings. The summed E-state index contributed by atoms with van der Waals surface area (Å²) in [7, 11) is 0. The van der Waals surface area contributed by atoms with Gasteiger partial charge in [-0.2, -0.15) is 13.2 Å². The average Bonchev–Trinajstić information content (AvgIpc) is 3.39. The van der Waals surface area contributed by atoms with E-state index in [1.807, 2.05) is 30.5 Å². The Labute approximate surface area is 187 Å². The fourth-order valence-electron chi connectivity index (χ4n) is 4.25. The molecule has 0 saturated heterocycles. The van der Waals surface area contributed by atoms with Crippen LogP contribution in [0.2, 0.25) is 0 Å². The van der Waals surface area contributed by atoms with Crippen molar-refractivity contribution >= 4 is 34.1 Å². The molecule has 168 valence electrons. The maximum Gasteiger partial charge on any atom is 0.418 e. The van der Waals surface area contributed by atoms with Crippen molar-refractivity contribution in [3.05, 3.63) is 83.7 Å². The molecule has 0 aliphatic carbocycles. The summed E-state index contributed by atoms with van der Waals surface area (Å²) >= 11 is 0. The summed E-state index contributed by atoms with van der Waals surface area (Å²) in [6, 6.07) is 13.7. The number of nitrogens with zero attached hydrogens (tertiary/aromatic N) is 2. The lowest BCUT2D eigenvalue weighted by Crippen LogP contribution is -2.22. The number of benzene rings is 2. The maximum atomic E-state index is 13.2. The number of halogens is 3. The van der Waals surface area contributed by atoms with Crippen LogP contribution in [0.1, 0.15) is 16.7 Å². The number of amides is 2. The summed E-state index contributed by atoms with van der Waals surface area (Å²) in [4.78, 5) is 22.2. The Bertz CT molecular complexity index is 1330. The second kappa shape index (κ2) is 8.16. The van der Waals surface area contributed by atoms with Crippen LogP contribution in [0.3, 0.4) is 0 Å². The first-order valence-electron chi connectivity index (χ1n) is 10.4. The number of para-hydroxylation sites is 1. The van der Waals surface area contributed by atoms with E-state index in [4.69, 9.17) is 0 Å². The highest BCUT2D eigenvalue weighted by Crippen LogP contribution is 2.36. The number of rotatable bonds is 4. The summed E-state index contributed by atoms with van der Waals surface area (Å²) < 4.78 is 39.7. The van der Waals surface area contributed by atoms with E-state index in [0.717, 1.165) is 40.5 Å². The molecule has 0 radical (unpaired) electrons. The summed E-state index contributed by atoms with van der Waals surface area (Å²) in [5, 5.41) is 6.11. The van der Waals surface area contributed by atoms with Crippen LogP contribution in [-0.4, -0.2) is 22.5 Å². The van der Waals surface area contributed by atoms with E-state index in [0.29, 0.717) is 18.7 Å². The lowest BCUT2D eigenvalue weighted by atomic mass is 10.1. The number of carbonyl (C=O) groups is 1. The van der Waals surface area contributed by atoms with Crippen molar-refractivity contribution in [2.45, 2.75) is 19.1 Å². The van der Waals surface area contributed by atoms with Gasteiger partial charge in [-0.05, 0) is 48.4 Å². The number of alkyl halides is 3. The third-order valence-electron chi connectivity index (χ3n) is 5.75. The SMILES string of the molecule is O=C(Nc1ccccc1C(F)(F)F)Nc1cccc2c1CCN2Cc1c[nH]c2ncccc12. The van der Waals surface area contributed by atoms with E-state index in [1.54, 1.807) is 12.3 Å². The van der Waals surface area contributed by atoms with E-state index in [9.17, 15) is 18.0 Å². The number of fused-ring (bicyclic) bond motifs is 2. The maximum absolute atomic E-state index is 13.2. The van der Waals surface area contributed by atoms with Crippen LogP contribution >= 0.6 is 0 Å². The zero-order chi connectivity index (χ0) is 23.0. The second-order valence-corrected chi connectivity index (χ2v) is 7.81. The van der Waals surface area contributed by atoms with Crippen molar-refractivity contribution in [3.63, 3.8) is 0 Å². The summed E-state index contributed by atoms with van der Waals surface area (Å²) in [6.45, 7) is 1.44. The molecule has 33 heavy (non-hydrogen) atoms. The average molecular weight is 451 g/mol. The fraction of sp³-hybridized carbons (Fsp3) is 0.167. The first-order valence-corrected chi connectivity index (χ1v) is 10.4. The molecule has 6 nitrogen and oxygen atoms in total. The zero-order valence-electron chi connectivity index (χ0n) is 17.4. The molecule has 4 aromatic rings. The van der Waals surface area contributed by atoms with E-state index in [1.165, 1.54) is 18.2 Å². The van der Waals surface area contributed by atoms with Gasteiger partial charge in [-0.1, -0.05) is 18.2 Å². The van der Waals surface area contributed by atoms with Gasteiger partial charge in [-0.3, -0.25) is 0 Å². The van der Waals surface area contributed by atoms with Gasteiger partial charge in [0.05, 0.1) is 11.3 Å². The van der Waals surface area contributed by atoms with Crippen molar-refractivity contribution in [2.75, 3.05) is 22.1 Å². The van der Waals surface area contributed by atoms with Gasteiger partial charge < -0.3 is 20.5 Å². The molecule has 0 bridgehead atoms. The van der Waals surface area contributed by atoms with Crippen LogP contribution in [0.5, 0.6) is 0 Å². The fourth-order valence-corrected chi connectivity index (χ4v) is 4.25. The van der Waals surface area contributed by atoms with Crippen molar-refractivity contribution < 1.29 is 18.0 Å². The molecule has 3 heterocycles. The van der Waals surface area contributed by atoms with Crippen molar-refractivity contribution in [3.8, 4) is 0 Å². The molecule has 2 aromatic heterocycles. The largest absolute Gasteiger partial charge is 0.418 e. The zero-order valence-corrected chi connectivity index (χ0v) is 17.4. The Morgan fingerprint density at radius 1 is 1.03 bits per heavy atom. The Balaban J connectivity index is 1.34. The van der Waals surface area contributed by atoms with Gasteiger partial charge in [-0.25, -0.2) is 9.78 Å². The molecule has 3 N–H and O–H groups in total. The Kier molecular flexibility index (Phi) is 5.16. The van der Waals surface area contributed by atoms with Gasteiger partial charge in [0.15, 0.2) is 0 Å². The number of hydrogen-bond donors (Lipinski definition) is 3. The number of carbonyl (C=O) groups excluding carboxylic acids is 1. The van der Waals surface area contributed by atoms with Crippen LogP contribution in [-0.2, 0) is 19.1 Å². The third-order valence-corrected chi connectivity index (χ3v) is 5.75. The summed E-state index contributed by atoms with van der Waals surface area (Å²) in [6.07, 6.45) is -0.158. The molecule has 5 rings (SSSR count). The number of aromatic amines is 1. The molecule has 0 unspecified atom stereocenters. The molecule has 0 atom stereocenters. The number of anilines is 3. The third kappa shape index (κ3) is 4.09. The number of urea groups is 1. The molecule has 0 fully saturated rings. The van der Waals surface area contributed by atoms with Crippen LogP contribution in [0, 0.1) is 0 Å². The van der Waals surface area contributed by atoms with E-state index in [-0.39, 0.29) is 5.69 Å². The summed E-state index contributed by atoms with van der Waals surface area (Å²) in [5.41, 5.74) is 3.29. The van der Waals surface area contributed by atoms with Gasteiger partial charge in [0.25, 0.3) is 0 Å². The highest BCUT2D eigenvalue weighted by Gasteiger charge is 2.33. The van der Waals surface area contributed by atoms with Gasteiger partial charge in [0.1, 0.15) is 5.65 Å². The first kappa shape index (κ1) is 20.9. The minimum atomic E-state index is -4.56. The normalized spacial score (nSPS) is 13.2. The second-order valence-electron chi connectivity index (χ2n) is 7.81. The Hall–Kier alpha value is -4.01.